The third kappa shape index (κ3) is 3.23. The fourth-order valence-corrected chi connectivity index (χ4v) is 1.88. The molecule has 0 heterocycles. The molecule has 0 atom stereocenters. The number of nitrogens with one attached hydrogen (secondary N) is 1. The Bertz CT molecular complexity index is 582. The molecule has 4 nitrogen and oxygen atoms in total. The van der Waals surface area contributed by atoms with E-state index >= 15 is 0 Å². The van der Waals surface area contributed by atoms with Crippen molar-refractivity contribution in [3.63, 3.8) is 0 Å². The summed E-state index contributed by atoms with van der Waals surface area (Å²) in [7, 11) is 0. The van der Waals surface area contributed by atoms with Gasteiger partial charge >= 0.3 is 11.8 Å². The molecule has 2 amide bonds. The van der Waals surface area contributed by atoms with Crippen molar-refractivity contribution in [1.29, 1.82) is 0 Å². The van der Waals surface area contributed by atoms with Crippen molar-refractivity contribution in [3.05, 3.63) is 60.7 Å². The van der Waals surface area contributed by atoms with Crippen molar-refractivity contribution in [2.45, 2.75) is 6.92 Å². The van der Waals surface area contributed by atoms with Crippen LogP contribution in [0.4, 0.5) is 11.4 Å². The molecule has 0 spiro atoms. The molecule has 0 aliphatic carbocycles. The van der Waals surface area contributed by atoms with Gasteiger partial charge in [-0.05, 0) is 31.2 Å². The molecule has 0 fully saturated rings. The zero-order chi connectivity index (χ0) is 14.4. The van der Waals surface area contributed by atoms with Gasteiger partial charge in [0.15, 0.2) is 0 Å². The van der Waals surface area contributed by atoms with Crippen LogP contribution in [0.15, 0.2) is 60.7 Å². The first kappa shape index (κ1) is 13.8. The maximum absolute atomic E-state index is 12.2. The lowest BCUT2D eigenvalue weighted by molar-refractivity contribution is -0.134. The monoisotopic (exact) mass is 268 g/mol. The van der Waals surface area contributed by atoms with Gasteiger partial charge in [-0.2, -0.15) is 0 Å². The second kappa shape index (κ2) is 6.52. The Labute approximate surface area is 118 Å². The van der Waals surface area contributed by atoms with Crippen LogP contribution < -0.4 is 10.2 Å². The predicted molar refractivity (Wildman–Crippen MR) is 79.5 cm³/mol. The number of para-hydroxylation sites is 2. The molecule has 2 aromatic carbocycles. The number of hydrogen-bond donors (Lipinski definition) is 1. The Morgan fingerprint density at radius 3 is 2.05 bits per heavy atom. The van der Waals surface area contributed by atoms with Crippen molar-refractivity contribution in [2.75, 3.05) is 16.8 Å². The Hall–Kier alpha value is -2.62. The van der Waals surface area contributed by atoms with Crippen molar-refractivity contribution in [3.8, 4) is 0 Å². The number of likely N-dealkylation sites (N-methyl/N-ethyl adjacent to an activating group) is 1. The van der Waals surface area contributed by atoms with Gasteiger partial charge in [0.1, 0.15) is 0 Å². The third-order valence-corrected chi connectivity index (χ3v) is 2.86. The highest BCUT2D eigenvalue weighted by Crippen LogP contribution is 2.14. The first-order valence-electron chi connectivity index (χ1n) is 6.45. The summed E-state index contributed by atoms with van der Waals surface area (Å²) in [4.78, 5) is 25.6. The summed E-state index contributed by atoms with van der Waals surface area (Å²) in [6.45, 7) is 2.27. The molecule has 2 aromatic rings. The van der Waals surface area contributed by atoms with Crippen molar-refractivity contribution in [2.24, 2.45) is 0 Å². The smallest absolute Gasteiger partial charge is 0.316 e. The lowest BCUT2D eigenvalue weighted by atomic mass is 10.2. The van der Waals surface area contributed by atoms with Gasteiger partial charge < -0.3 is 10.2 Å². The Morgan fingerprint density at radius 1 is 0.950 bits per heavy atom. The average Bonchev–Trinajstić information content (AvgIpc) is 2.50. The molecule has 0 saturated heterocycles. The van der Waals surface area contributed by atoms with Crippen LogP contribution in [0.25, 0.3) is 0 Å². The van der Waals surface area contributed by atoms with Crippen LogP contribution in [-0.2, 0) is 9.59 Å². The van der Waals surface area contributed by atoms with Crippen LogP contribution in [0.5, 0.6) is 0 Å². The molecule has 0 aromatic heterocycles. The minimum Gasteiger partial charge on any atom is -0.318 e. The number of carbonyl (C=O) groups excluding carboxylic acids is 2. The van der Waals surface area contributed by atoms with E-state index in [-0.39, 0.29) is 0 Å². The minimum absolute atomic E-state index is 0.436. The third-order valence-electron chi connectivity index (χ3n) is 2.86. The van der Waals surface area contributed by atoms with E-state index in [0.29, 0.717) is 17.9 Å². The van der Waals surface area contributed by atoms with E-state index in [1.807, 2.05) is 31.2 Å². The molecule has 20 heavy (non-hydrogen) atoms. The van der Waals surface area contributed by atoms with Gasteiger partial charge in [0.05, 0.1) is 0 Å². The minimum atomic E-state index is -0.637. The summed E-state index contributed by atoms with van der Waals surface area (Å²) in [5.41, 5.74) is 1.32. The van der Waals surface area contributed by atoms with Gasteiger partial charge in [-0.25, -0.2) is 0 Å². The first-order chi connectivity index (χ1) is 9.72. The van der Waals surface area contributed by atoms with Gasteiger partial charge in [0.2, 0.25) is 0 Å². The quantitative estimate of drug-likeness (QED) is 0.870. The Kier molecular flexibility index (Phi) is 4.50. The number of carbonyl (C=O) groups is 2. The number of anilines is 2. The molecule has 0 bridgehead atoms. The van der Waals surface area contributed by atoms with E-state index in [2.05, 4.69) is 5.32 Å². The van der Waals surface area contributed by atoms with Crippen LogP contribution >= 0.6 is 0 Å². The number of hydrogen-bond acceptors (Lipinski definition) is 2. The summed E-state index contributed by atoms with van der Waals surface area (Å²) in [6, 6.07) is 18.1. The van der Waals surface area contributed by atoms with Crippen LogP contribution in [0.2, 0.25) is 0 Å². The zero-order valence-corrected chi connectivity index (χ0v) is 11.2. The summed E-state index contributed by atoms with van der Waals surface area (Å²) in [5, 5.41) is 2.60. The normalized spacial score (nSPS) is 9.85. The van der Waals surface area contributed by atoms with Gasteiger partial charge in [0, 0.05) is 17.9 Å². The Balaban J connectivity index is 2.11. The lowest BCUT2D eigenvalue weighted by Crippen LogP contribution is -2.39. The number of rotatable bonds is 3. The first-order valence-corrected chi connectivity index (χ1v) is 6.45. The number of amides is 2. The van der Waals surface area contributed by atoms with E-state index in [1.54, 1.807) is 36.4 Å². The predicted octanol–water partition coefficient (Wildman–Crippen LogP) is 2.68. The summed E-state index contributed by atoms with van der Waals surface area (Å²) in [5.74, 6) is -1.20. The van der Waals surface area contributed by atoms with E-state index in [1.165, 1.54) is 4.90 Å². The maximum Gasteiger partial charge on any atom is 0.316 e. The van der Waals surface area contributed by atoms with E-state index in [0.717, 1.165) is 0 Å². The fraction of sp³-hybridized carbons (Fsp3) is 0.125. The highest BCUT2D eigenvalue weighted by atomic mass is 16.2. The van der Waals surface area contributed by atoms with E-state index in [4.69, 9.17) is 0 Å². The second-order valence-corrected chi connectivity index (χ2v) is 4.21. The fourth-order valence-electron chi connectivity index (χ4n) is 1.88. The standard InChI is InChI=1S/C16H16N2O2/c1-2-18(14-11-7-4-8-12-14)16(20)15(19)17-13-9-5-3-6-10-13/h3-12H,2H2,1H3,(H,17,19). The molecule has 0 aliphatic heterocycles. The molecule has 1 N–H and O–H groups in total. The zero-order valence-electron chi connectivity index (χ0n) is 11.2. The second-order valence-electron chi connectivity index (χ2n) is 4.21. The van der Waals surface area contributed by atoms with Crippen molar-refractivity contribution < 1.29 is 9.59 Å². The van der Waals surface area contributed by atoms with Crippen LogP contribution in [0.3, 0.4) is 0 Å². The average molecular weight is 268 g/mol. The van der Waals surface area contributed by atoms with E-state index in [9.17, 15) is 9.59 Å². The van der Waals surface area contributed by atoms with Gasteiger partial charge in [-0.15, -0.1) is 0 Å². The van der Waals surface area contributed by atoms with Gasteiger partial charge in [0.25, 0.3) is 0 Å². The molecule has 4 heteroatoms. The summed E-state index contributed by atoms with van der Waals surface area (Å²) in [6.07, 6.45) is 0. The molecule has 2 rings (SSSR count). The maximum atomic E-state index is 12.2. The van der Waals surface area contributed by atoms with Crippen molar-refractivity contribution in [1.82, 2.24) is 0 Å². The molecule has 0 radical (unpaired) electrons. The van der Waals surface area contributed by atoms with Gasteiger partial charge in [-0.1, -0.05) is 36.4 Å². The molecular formula is C16H16N2O2. The van der Waals surface area contributed by atoms with Crippen LogP contribution in [0.1, 0.15) is 6.92 Å². The molecule has 0 aliphatic rings. The lowest BCUT2D eigenvalue weighted by Gasteiger charge is -2.20. The molecule has 0 saturated carbocycles. The summed E-state index contributed by atoms with van der Waals surface area (Å²) >= 11 is 0. The molecule has 0 unspecified atom stereocenters. The van der Waals surface area contributed by atoms with Crippen molar-refractivity contribution >= 4 is 23.2 Å². The summed E-state index contributed by atoms with van der Waals surface area (Å²) < 4.78 is 0. The molecule has 102 valence electrons. The number of benzene rings is 2. The van der Waals surface area contributed by atoms with Crippen LogP contribution in [-0.4, -0.2) is 18.4 Å². The van der Waals surface area contributed by atoms with E-state index < -0.39 is 11.8 Å². The highest BCUT2D eigenvalue weighted by molar-refractivity contribution is 6.44. The highest BCUT2D eigenvalue weighted by Gasteiger charge is 2.21. The largest absolute Gasteiger partial charge is 0.318 e. The number of nitrogens with zero attached hydrogens (tertiary/aromatic N) is 1. The molecular weight excluding hydrogens is 252 g/mol. The topological polar surface area (TPSA) is 49.4 Å². The van der Waals surface area contributed by atoms with Gasteiger partial charge in [-0.3, -0.25) is 9.59 Å². The van der Waals surface area contributed by atoms with Crippen LogP contribution in [0, 0.1) is 0 Å². The Morgan fingerprint density at radius 2 is 1.50 bits per heavy atom. The SMILES string of the molecule is CCN(C(=O)C(=O)Nc1ccccc1)c1ccccc1.